The van der Waals surface area contributed by atoms with Gasteiger partial charge in [-0.05, 0) is 67.5 Å². The second-order valence-corrected chi connectivity index (χ2v) is 9.01. The minimum Gasteiger partial charge on any atom is -0.357 e. The van der Waals surface area contributed by atoms with Crippen LogP contribution in [-0.2, 0) is 13.1 Å². The molecule has 1 aromatic carbocycles. The van der Waals surface area contributed by atoms with E-state index < -0.39 is 0 Å². The standard InChI is InChI=1S/C24H32ClN5O/c25-21-6-4-19(5-7-21)18-29-14-9-22(10-15-29)28-24(31)27-17-20-8-11-26-23(16-20)30-12-2-1-3-13-30/h4-8,11,16,22H,1-3,9-10,12-15,17-18H2,(H2,27,28,31). The summed E-state index contributed by atoms with van der Waals surface area (Å²) in [5.74, 6) is 1.02. The van der Waals surface area contributed by atoms with Crippen molar-refractivity contribution in [2.24, 2.45) is 0 Å². The lowest BCUT2D eigenvalue weighted by atomic mass is 10.0. The van der Waals surface area contributed by atoms with Crippen LogP contribution in [0.3, 0.4) is 0 Å². The third kappa shape index (κ3) is 6.58. The summed E-state index contributed by atoms with van der Waals surface area (Å²) in [7, 11) is 0. The maximum atomic E-state index is 12.4. The van der Waals surface area contributed by atoms with Gasteiger partial charge in [0.15, 0.2) is 0 Å². The number of hydrogen-bond acceptors (Lipinski definition) is 4. The van der Waals surface area contributed by atoms with Crippen molar-refractivity contribution in [1.29, 1.82) is 0 Å². The van der Waals surface area contributed by atoms with Gasteiger partial charge in [-0.25, -0.2) is 9.78 Å². The average molecular weight is 442 g/mol. The molecule has 2 saturated heterocycles. The number of amides is 2. The van der Waals surface area contributed by atoms with E-state index in [4.69, 9.17) is 11.6 Å². The van der Waals surface area contributed by atoms with Crippen molar-refractivity contribution < 1.29 is 4.79 Å². The lowest BCUT2D eigenvalue weighted by Crippen LogP contribution is -2.47. The Morgan fingerprint density at radius 1 is 1.00 bits per heavy atom. The fourth-order valence-electron chi connectivity index (χ4n) is 4.37. The molecule has 4 rings (SSSR count). The molecule has 0 spiro atoms. The summed E-state index contributed by atoms with van der Waals surface area (Å²) in [6.45, 7) is 5.55. The smallest absolute Gasteiger partial charge is 0.315 e. The highest BCUT2D eigenvalue weighted by molar-refractivity contribution is 6.30. The van der Waals surface area contributed by atoms with E-state index in [1.807, 2.05) is 24.4 Å². The Morgan fingerprint density at radius 2 is 1.74 bits per heavy atom. The van der Waals surface area contributed by atoms with Crippen LogP contribution in [0.2, 0.25) is 5.02 Å². The number of nitrogens with one attached hydrogen (secondary N) is 2. The highest BCUT2D eigenvalue weighted by Gasteiger charge is 2.20. The van der Waals surface area contributed by atoms with Crippen molar-refractivity contribution in [2.45, 2.75) is 51.2 Å². The number of urea groups is 1. The van der Waals surface area contributed by atoms with Gasteiger partial charge in [0.2, 0.25) is 0 Å². The third-order valence-electron chi connectivity index (χ3n) is 6.19. The molecule has 0 radical (unpaired) electrons. The molecule has 2 N–H and O–H groups in total. The van der Waals surface area contributed by atoms with Crippen LogP contribution < -0.4 is 15.5 Å². The van der Waals surface area contributed by atoms with Gasteiger partial charge in [0.1, 0.15) is 5.82 Å². The number of carbonyl (C=O) groups is 1. The molecule has 2 aliphatic rings. The predicted molar refractivity (Wildman–Crippen MR) is 125 cm³/mol. The van der Waals surface area contributed by atoms with E-state index in [0.29, 0.717) is 6.54 Å². The molecule has 6 nitrogen and oxygen atoms in total. The fourth-order valence-corrected chi connectivity index (χ4v) is 4.49. The molecule has 1 aromatic heterocycles. The first-order valence-corrected chi connectivity index (χ1v) is 11.7. The quantitative estimate of drug-likeness (QED) is 0.705. The molecule has 2 amide bonds. The first-order chi connectivity index (χ1) is 15.2. The first-order valence-electron chi connectivity index (χ1n) is 11.4. The topological polar surface area (TPSA) is 60.5 Å². The Morgan fingerprint density at radius 3 is 2.48 bits per heavy atom. The highest BCUT2D eigenvalue weighted by Crippen LogP contribution is 2.19. The average Bonchev–Trinajstić information content (AvgIpc) is 2.81. The second-order valence-electron chi connectivity index (χ2n) is 8.57. The number of halogens is 1. The van der Waals surface area contributed by atoms with E-state index in [1.54, 1.807) is 0 Å². The van der Waals surface area contributed by atoms with E-state index in [0.717, 1.165) is 62.0 Å². The minimum absolute atomic E-state index is 0.0903. The van der Waals surface area contributed by atoms with Crippen molar-refractivity contribution in [3.05, 3.63) is 58.7 Å². The Hall–Kier alpha value is -2.31. The zero-order valence-electron chi connectivity index (χ0n) is 18.0. The van der Waals surface area contributed by atoms with Crippen LogP contribution in [0.25, 0.3) is 0 Å². The Bertz CT molecular complexity index is 845. The largest absolute Gasteiger partial charge is 0.357 e. The van der Waals surface area contributed by atoms with E-state index in [-0.39, 0.29) is 12.1 Å². The van der Waals surface area contributed by atoms with Crippen molar-refractivity contribution in [3.8, 4) is 0 Å². The van der Waals surface area contributed by atoms with Gasteiger partial charge >= 0.3 is 6.03 Å². The molecule has 2 aromatic rings. The second kappa shape index (κ2) is 10.8. The van der Waals surface area contributed by atoms with Gasteiger partial charge in [-0.15, -0.1) is 0 Å². The number of pyridine rings is 1. The van der Waals surface area contributed by atoms with Crippen molar-refractivity contribution in [2.75, 3.05) is 31.1 Å². The molecule has 3 heterocycles. The van der Waals surface area contributed by atoms with E-state index in [2.05, 4.69) is 43.6 Å². The molecule has 166 valence electrons. The molecule has 0 bridgehead atoms. The van der Waals surface area contributed by atoms with E-state index in [1.165, 1.54) is 24.8 Å². The Balaban J connectivity index is 1.18. The van der Waals surface area contributed by atoms with Crippen LogP contribution >= 0.6 is 11.6 Å². The minimum atomic E-state index is -0.0903. The summed E-state index contributed by atoms with van der Waals surface area (Å²) in [5.41, 5.74) is 2.36. The van der Waals surface area contributed by atoms with Crippen LogP contribution in [0.4, 0.5) is 10.6 Å². The Kier molecular flexibility index (Phi) is 7.65. The number of hydrogen-bond donors (Lipinski definition) is 2. The van der Waals surface area contributed by atoms with Crippen LogP contribution in [0.1, 0.15) is 43.2 Å². The predicted octanol–water partition coefficient (Wildman–Crippen LogP) is 4.19. The molecule has 0 unspecified atom stereocenters. The molecule has 0 aliphatic carbocycles. The summed E-state index contributed by atoms with van der Waals surface area (Å²) >= 11 is 5.97. The van der Waals surface area contributed by atoms with E-state index in [9.17, 15) is 4.79 Å². The monoisotopic (exact) mass is 441 g/mol. The van der Waals surface area contributed by atoms with Gasteiger partial charge in [-0.3, -0.25) is 4.90 Å². The number of benzene rings is 1. The lowest BCUT2D eigenvalue weighted by molar-refractivity contribution is 0.186. The Labute approximate surface area is 190 Å². The molecule has 0 atom stereocenters. The maximum Gasteiger partial charge on any atom is 0.315 e. The highest BCUT2D eigenvalue weighted by atomic mass is 35.5. The fraction of sp³-hybridized carbons (Fsp3) is 0.500. The van der Waals surface area contributed by atoms with Crippen LogP contribution in [0.5, 0.6) is 0 Å². The van der Waals surface area contributed by atoms with Gasteiger partial charge in [0, 0.05) is 56.5 Å². The lowest BCUT2D eigenvalue weighted by Gasteiger charge is -2.32. The molecule has 0 saturated carbocycles. The number of anilines is 1. The molecule has 2 fully saturated rings. The summed E-state index contributed by atoms with van der Waals surface area (Å²) < 4.78 is 0. The normalized spacial score (nSPS) is 18.0. The zero-order valence-corrected chi connectivity index (χ0v) is 18.8. The SMILES string of the molecule is O=C(NCc1ccnc(N2CCCCC2)c1)NC1CCN(Cc2ccc(Cl)cc2)CC1. The number of rotatable bonds is 6. The van der Waals surface area contributed by atoms with Gasteiger partial charge < -0.3 is 15.5 Å². The number of nitrogens with zero attached hydrogens (tertiary/aromatic N) is 3. The van der Waals surface area contributed by atoms with Gasteiger partial charge in [0.25, 0.3) is 0 Å². The summed E-state index contributed by atoms with van der Waals surface area (Å²) in [6.07, 6.45) is 7.54. The van der Waals surface area contributed by atoms with Gasteiger partial charge in [-0.2, -0.15) is 0 Å². The number of piperidine rings is 2. The van der Waals surface area contributed by atoms with Crippen molar-refractivity contribution in [1.82, 2.24) is 20.5 Å². The third-order valence-corrected chi connectivity index (χ3v) is 6.44. The van der Waals surface area contributed by atoms with E-state index >= 15 is 0 Å². The molecule has 7 heteroatoms. The number of aromatic nitrogens is 1. The summed E-state index contributed by atoms with van der Waals surface area (Å²) in [4.78, 5) is 21.7. The molecular formula is C24H32ClN5O. The summed E-state index contributed by atoms with van der Waals surface area (Å²) in [6, 6.07) is 12.2. The number of carbonyl (C=O) groups excluding carboxylic acids is 1. The van der Waals surface area contributed by atoms with Crippen LogP contribution in [0.15, 0.2) is 42.6 Å². The maximum absolute atomic E-state index is 12.4. The molecule has 31 heavy (non-hydrogen) atoms. The van der Waals surface area contributed by atoms with Crippen LogP contribution in [0, 0.1) is 0 Å². The van der Waals surface area contributed by atoms with Gasteiger partial charge in [-0.1, -0.05) is 23.7 Å². The summed E-state index contributed by atoms with van der Waals surface area (Å²) in [5, 5.41) is 6.92. The van der Waals surface area contributed by atoms with Gasteiger partial charge in [0.05, 0.1) is 0 Å². The van der Waals surface area contributed by atoms with Crippen molar-refractivity contribution in [3.63, 3.8) is 0 Å². The first kappa shape index (κ1) is 21.9. The zero-order chi connectivity index (χ0) is 21.5. The van der Waals surface area contributed by atoms with Crippen LogP contribution in [-0.4, -0.2) is 48.1 Å². The number of likely N-dealkylation sites (tertiary alicyclic amines) is 1. The molecular weight excluding hydrogens is 410 g/mol. The molecule has 2 aliphatic heterocycles. The van der Waals surface area contributed by atoms with Crippen molar-refractivity contribution >= 4 is 23.4 Å².